The van der Waals surface area contributed by atoms with Crippen LogP contribution in [0.15, 0.2) is 60.7 Å². The predicted molar refractivity (Wildman–Crippen MR) is 92.4 cm³/mol. The predicted octanol–water partition coefficient (Wildman–Crippen LogP) is 2.75. The zero-order chi connectivity index (χ0) is 16.1. The fraction of sp³-hybridized carbons (Fsp3) is 0.211. The number of carbonyl (C=O) groups excluding carboxylic acids is 1. The van der Waals surface area contributed by atoms with Crippen molar-refractivity contribution in [3.63, 3.8) is 0 Å². The largest absolute Gasteiger partial charge is 0.508 e. The summed E-state index contributed by atoms with van der Waals surface area (Å²) in [7, 11) is 0. The number of hydrogen-bond donors (Lipinski definition) is 1. The maximum Gasteiger partial charge on any atom is 0.246 e. The highest BCUT2D eigenvalue weighted by molar-refractivity contribution is 5.91. The van der Waals surface area contributed by atoms with Crippen LogP contribution in [0.4, 0.5) is 5.69 Å². The Morgan fingerprint density at radius 2 is 1.70 bits per heavy atom. The molecule has 0 spiro atoms. The molecule has 118 valence electrons. The molecule has 0 bridgehead atoms. The molecule has 1 heterocycles. The number of rotatable bonds is 3. The van der Waals surface area contributed by atoms with Crippen molar-refractivity contribution in [2.45, 2.75) is 0 Å². The molecule has 0 radical (unpaired) electrons. The Labute approximate surface area is 136 Å². The van der Waals surface area contributed by atoms with E-state index in [0.717, 1.165) is 24.3 Å². The monoisotopic (exact) mass is 308 g/mol. The molecule has 1 saturated heterocycles. The lowest BCUT2D eigenvalue weighted by Gasteiger charge is -2.35. The molecule has 1 aliphatic rings. The molecular formula is C19H20N2O2. The minimum Gasteiger partial charge on any atom is -0.508 e. The van der Waals surface area contributed by atoms with E-state index in [9.17, 15) is 9.90 Å². The quantitative estimate of drug-likeness (QED) is 0.887. The summed E-state index contributed by atoms with van der Waals surface area (Å²) in [5.74, 6) is 0.316. The summed E-state index contributed by atoms with van der Waals surface area (Å²) in [6.45, 7) is 2.92. The Balaban J connectivity index is 1.56. The summed E-state index contributed by atoms with van der Waals surface area (Å²) in [5.41, 5.74) is 2.02. The Bertz CT molecular complexity index is 690. The highest BCUT2D eigenvalue weighted by Gasteiger charge is 2.19. The van der Waals surface area contributed by atoms with E-state index in [0.29, 0.717) is 13.1 Å². The van der Waals surface area contributed by atoms with E-state index in [1.165, 1.54) is 0 Å². The number of phenolic OH excluding ortho intramolecular Hbond substituents is 1. The van der Waals surface area contributed by atoms with E-state index in [1.54, 1.807) is 18.2 Å². The van der Waals surface area contributed by atoms with Crippen LogP contribution in [0.25, 0.3) is 6.08 Å². The smallest absolute Gasteiger partial charge is 0.246 e. The van der Waals surface area contributed by atoms with Crippen molar-refractivity contribution >= 4 is 17.7 Å². The SMILES string of the molecule is O=C(/C=C/c1ccccc1)N1CCN(c2cccc(O)c2)CC1. The molecule has 4 heteroatoms. The first-order valence-electron chi connectivity index (χ1n) is 7.78. The van der Waals surface area contributed by atoms with Crippen molar-refractivity contribution in [3.05, 3.63) is 66.2 Å². The molecule has 1 N–H and O–H groups in total. The normalized spacial score (nSPS) is 15.1. The average Bonchev–Trinajstić information content (AvgIpc) is 2.61. The number of anilines is 1. The molecule has 0 aromatic heterocycles. The molecule has 1 fully saturated rings. The number of carbonyl (C=O) groups is 1. The molecule has 2 aromatic rings. The topological polar surface area (TPSA) is 43.8 Å². The maximum atomic E-state index is 12.2. The second kappa shape index (κ2) is 7.01. The van der Waals surface area contributed by atoms with Gasteiger partial charge in [-0.2, -0.15) is 0 Å². The van der Waals surface area contributed by atoms with E-state index >= 15 is 0 Å². The molecule has 0 aliphatic carbocycles. The lowest BCUT2D eigenvalue weighted by molar-refractivity contribution is -0.126. The van der Waals surface area contributed by atoms with Crippen LogP contribution in [0.1, 0.15) is 5.56 Å². The van der Waals surface area contributed by atoms with E-state index < -0.39 is 0 Å². The molecule has 3 rings (SSSR count). The molecular weight excluding hydrogens is 288 g/mol. The molecule has 2 aromatic carbocycles. The van der Waals surface area contributed by atoms with Gasteiger partial charge in [-0.1, -0.05) is 36.4 Å². The van der Waals surface area contributed by atoms with Gasteiger partial charge in [0.1, 0.15) is 5.75 Å². The van der Waals surface area contributed by atoms with Crippen LogP contribution in [0.5, 0.6) is 5.75 Å². The van der Waals surface area contributed by atoms with E-state index in [4.69, 9.17) is 0 Å². The summed E-state index contributed by atoms with van der Waals surface area (Å²) in [6.07, 6.45) is 3.49. The molecule has 23 heavy (non-hydrogen) atoms. The number of nitrogens with zero attached hydrogens (tertiary/aromatic N) is 2. The first-order valence-corrected chi connectivity index (χ1v) is 7.78. The van der Waals surface area contributed by atoms with Gasteiger partial charge in [0.2, 0.25) is 5.91 Å². The molecule has 1 amide bonds. The van der Waals surface area contributed by atoms with Crippen LogP contribution in [0, 0.1) is 0 Å². The second-order valence-corrected chi connectivity index (χ2v) is 5.58. The Morgan fingerprint density at radius 3 is 2.39 bits per heavy atom. The fourth-order valence-electron chi connectivity index (χ4n) is 2.71. The van der Waals surface area contributed by atoms with Gasteiger partial charge in [0, 0.05) is 44.0 Å². The van der Waals surface area contributed by atoms with Crippen LogP contribution < -0.4 is 4.90 Å². The first kappa shape index (κ1) is 15.2. The third-order valence-corrected chi connectivity index (χ3v) is 4.00. The van der Waals surface area contributed by atoms with Crippen molar-refractivity contribution in [1.29, 1.82) is 0 Å². The first-order chi connectivity index (χ1) is 11.2. The zero-order valence-corrected chi connectivity index (χ0v) is 12.9. The number of phenols is 1. The van der Waals surface area contributed by atoms with Crippen molar-refractivity contribution in [1.82, 2.24) is 4.90 Å². The maximum absolute atomic E-state index is 12.2. The van der Waals surface area contributed by atoms with Gasteiger partial charge in [0.15, 0.2) is 0 Å². The fourth-order valence-corrected chi connectivity index (χ4v) is 2.71. The summed E-state index contributed by atoms with van der Waals surface area (Å²) in [4.78, 5) is 16.3. The van der Waals surface area contributed by atoms with Gasteiger partial charge >= 0.3 is 0 Å². The number of benzene rings is 2. The summed E-state index contributed by atoms with van der Waals surface area (Å²) >= 11 is 0. The van der Waals surface area contributed by atoms with Gasteiger partial charge in [0.05, 0.1) is 0 Å². The lowest BCUT2D eigenvalue weighted by atomic mass is 10.2. The van der Waals surface area contributed by atoms with Gasteiger partial charge < -0.3 is 14.9 Å². The van der Waals surface area contributed by atoms with Crippen LogP contribution in [-0.2, 0) is 4.79 Å². The lowest BCUT2D eigenvalue weighted by Crippen LogP contribution is -2.48. The number of amides is 1. The van der Waals surface area contributed by atoms with Gasteiger partial charge in [-0.3, -0.25) is 4.79 Å². The third kappa shape index (κ3) is 3.92. The van der Waals surface area contributed by atoms with Crippen LogP contribution >= 0.6 is 0 Å². The zero-order valence-electron chi connectivity index (χ0n) is 12.9. The van der Waals surface area contributed by atoms with Crippen molar-refractivity contribution in [2.24, 2.45) is 0 Å². The molecule has 0 unspecified atom stereocenters. The number of hydrogen-bond acceptors (Lipinski definition) is 3. The summed E-state index contributed by atoms with van der Waals surface area (Å²) < 4.78 is 0. The highest BCUT2D eigenvalue weighted by Crippen LogP contribution is 2.21. The van der Waals surface area contributed by atoms with E-state index in [2.05, 4.69) is 4.90 Å². The van der Waals surface area contributed by atoms with Gasteiger partial charge in [-0.05, 0) is 23.8 Å². The molecule has 0 atom stereocenters. The summed E-state index contributed by atoms with van der Waals surface area (Å²) in [5, 5.41) is 9.56. The van der Waals surface area contributed by atoms with Gasteiger partial charge in [-0.25, -0.2) is 0 Å². The van der Waals surface area contributed by atoms with Gasteiger partial charge in [-0.15, -0.1) is 0 Å². The van der Waals surface area contributed by atoms with Crippen molar-refractivity contribution < 1.29 is 9.90 Å². The van der Waals surface area contributed by atoms with Crippen LogP contribution in [0.2, 0.25) is 0 Å². The Hall–Kier alpha value is -2.75. The molecule has 0 saturated carbocycles. The van der Waals surface area contributed by atoms with Gasteiger partial charge in [0.25, 0.3) is 0 Å². The van der Waals surface area contributed by atoms with Crippen LogP contribution in [-0.4, -0.2) is 42.1 Å². The minimum atomic E-state index is 0.0458. The second-order valence-electron chi connectivity index (χ2n) is 5.58. The highest BCUT2D eigenvalue weighted by atomic mass is 16.3. The standard InChI is InChI=1S/C19H20N2O2/c22-18-8-4-7-17(15-18)20-11-13-21(14-12-20)19(23)10-9-16-5-2-1-3-6-16/h1-10,15,22H,11-14H2/b10-9+. The van der Waals surface area contributed by atoms with E-state index in [-0.39, 0.29) is 11.7 Å². The number of piperazine rings is 1. The molecule has 4 nitrogen and oxygen atoms in total. The Morgan fingerprint density at radius 1 is 0.957 bits per heavy atom. The minimum absolute atomic E-state index is 0.0458. The average molecular weight is 308 g/mol. The van der Waals surface area contributed by atoms with Crippen LogP contribution in [0.3, 0.4) is 0 Å². The van der Waals surface area contributed by atoms with Crippen molar-refractivity contribution in [2.75, 3.05) is 31.1 Å². The molecule has 1 aliphatic heterocycles. The third-order valence-electron chi connectivity index (χ3n) is 4.00. The van der Waals surface area contributed by atoms with E-state index in [1.807, 2.05) is 53.4 Å². The number of aromatic hydroxyl groups is 1. The summed E-state index contributed by atoms with van der Waals surface area (Å²) in [6, 6.07) is 17.1. The van der Waals surface area contributed by atoms with Crippen molar-refractivity contribution in [3.8, 4) is 5.75 Å². The Kier molecular flexibility index (Phi) is 4.62.